The number of aliphatic hydroxyl groups is 4. The molecule has 0 spiro atoms. The Bertz CT molecular complexity index is 109. The summed E-state index contributed by atoms with van der Waals surface area (Å²) < 4.78 is 0. The molecule has 1 aliphatic heterocycles. The van der Waals surface area contributed by atoms with Gasteiger partial charge in [-0.25, -0.2) is 0 Å². The third kappa shape index (κ3) is 1.62. The Hall–Kier alpha value is 0.620. The molecule has 8 heteroatoms. The van der Waals surface area contributed by atoms with E-state index in [4.69, 9.17) is 30.2 Å². The average Bonchev–Trinajstić information content (AvgIpc) is 2.08. The second-order valence-corrected chi connectivity index (χ2v) is 6.39. The van der Waals surface area contributed by atoms with Gasteiger partial charge >= 0.3 is 0 Å². The minimum atomic E-state index is -2.24. The summed E-state index contributed by atoms with van der Waals surface area (Å²) in [5.74, 6) is -3.12. The quantitative estimate of drug-likeness (QED) is 0.262. The topological polar surface area (TPSA) is 121 Å². The van der Waals surface area contributed by atoms with Crippen LogP contribution in [0.1, 0.15) is 0 Å². The first-order valence-electron chi connectivity index (χ1n) is 3.13. The fourth-order valence-corrected chi connectivity index (χ4v) is 4.28. The van der Waals surface area contributed by atoms with E-state index in [2.05, 4.69) is 0 Å². The molecule has 0 aliphatic carbocycles. The summed E-state index contributed by atoms with van der Waals surface area (Å²) in [4.78, 5) is 18.1. The van der Waals surface area contributed by atoms with Gasteiger partial charge < -0.3 is 30.2 Å². The smallest absolute Gasteiger partial charge is 0.146 e. The number of hydrogen-bond donors (Lipinski definition) is 6. The minimum absolute atomic E-state index is 1.51. The normalized spacial score (nSPS) is 55.5. The van der Waals surface area contributed by atoms with Crippen LogP contribution in [0.25, 0.3) is 0 Å². The van der Waals surface area contributed by atoms with Crippen molar-refractivity contribution in [1.82, 2.24) is 0 Å². The summed E-state index contributed by atoms with van der Waals surface area (Å²) in [5, 5.41) is 36.1. The molecule has 6 atom stereocenters. The fraction of sp³-hybridized carbons (Fsp3) is 1.00. The molecule has 0 amide bonds. The monoisotopic (exact) mass is 216 g/mol. The molecule has 0 aromatic rings. The first-order valence-corrected chi connectivity index (χ1v) is 6.00. The van der Waals surface area contributed by atoms with Crippen molar-refractivity contribution < 1.29 is 30.2 Å². The Labute approximate surface area is 70.8 Å². The molecule has 1 heterocycles. The van der Waals surface area contributed by atoms with Gasteiger partial charge in [-0.2, -0.15) is 0 Å². The second kappa shape index (κ2) is 3.78. The van der Waals surface area contributed by atoms with Crippen LogP contribution in [-0.4, -0.2) is 53.6 Å². The zero-order valence-electron chi connectivity index (χ0n) is 5.89. The van der Waals surface area contributed by atoms with Gasteiger partial charge in [-0.1, -0.05) is 0 Å². The molecular weight excluding hydrogens is 206 g/mol. The van der Waals surface area contributed by atoms with E-state index in [9.17, 15) is 0 Å². The SMILES string of the molecule is OC1[C@@H](O)[P@@](O)C(O)[P@@](O)[C@H]1O. The lowest BCUT2D eigenvalue weighted by Crippen LogP contribution is -2.42. The van der Waals surface area contributed by atoms with Crippen LogP contribution in [0.2, 0.25) is 0 Å². The zero-order chi connectivity index (χ0) is 9.46. The van der Waals surface area contributed by atoms with Gasteiger partial charge in [0.2, 0.25) is 0 Å². The highest BCUT2D eigenvalue weighted by molar-refractivity contribution is 7.71. The van der Waals surface area contributed by atoms with Crippen molar-refractivity contribution in [3.63, 3.8) is 0 Å². The Kier molecular flexibility index (Phi) is 3.37. The van der Waals surface area contributed by atoms with Gasteiger partial charge in [-0.15, -0.1) is 0 Å². The van der Waals surface area contributed by atoms with Crippen LogP contribution in [-0.2, 0) is 0 Å². The van der Waals surface area contributed by atoms with Crippen LogP contribution in [0, 0.1) is 0 Å². The molecular formula is C4H10O6P2. The molecule has 1 fully saturated rings. The predicted octanol–water partition coefficient (Wildman–Crippen LogP) is -1.95. The first kappa shape index (κ1) is 10.7. The highest BCUT2D eigenvalue weighted by Crippen LogP contribution is 2.62. The summed E-state index contributed by atoms with van der Waals surface area (Å²) in [7, 11) is -4.48. The second-order valence-electron chi connectivity index (χ2n) is 2.42. The summed E-state index contributed by atoms with van der Waals surface area (Å²) >= 11 is 0. The van der Waals surface area contributed by atoms with Gasteiger partial charge in [-0.05, 0) is 0 Å². The van der Waals surface area contributed by atoms with E-state index >= 15 is 0 Å². The van der Waals surface area contributed by atoms with E-state index in [1.807, 2.05) is 0 Å². The minimum Gasteiger partial charge on any atom is -0.387 e. The first-order chi connectivity index (χ1) is 5.46. The van der Waals surface area contributed by atoms with E-state index in [0.29, 0.717) is 0 Å². The van der Waals surface area contributed by atoms with Gasteiger partial charge in [0.25, 0.3) is 0 Å². The molecule has 1 aliphatic rings. The van der Waals surface area contributed by atoms with E-state index in [0.717, 1.165) is 0 Å². The molecule has 0 saturated carbocycles. The lowest BCUT2D eigenvalue weighted by atomic mass is 10.4. The largest absolute Gasteiger partial charge is 0.387 e. The van der Waals surface area contributed by atoms with Crippen molar-refractivity contribution in [3.8, 4) is 0 Å². The lowest BCUT2D eigenvalue weighted by Gasteiger charge is -2.38. The van der Waals surface area contributed by atoms with Gasteiger partial charge in [0.1, 0.15) is 23.4 Å². The van der Waals surface area contributed by atoms with Crippen LogP contribution in [0.4, 0.5) is 0 Å². The number of hydrogen-bond acceptors (Lipinski definition) is 6. The van der Waals surface area contributed by atoms with Crippen LogP contribution >= 0.6 is 16.3 Å². The average molecular weight is 216 g/mol. The molecule has 2 unspecified atom stereocenters. The summed E-state index contributed by atoms with van der Waals surface area (Å²) in [6.07, 6.45) is -1.58. The zero-order valence-corrected chi connectivity index (χ0v) is 7.68. The van der Waals surface area contributed by atoms with E-state index < -0.39 is 39.7 Å². The van der Waals surface area contributed by atoms with Crippen molar-refractivity contribution in [3.05, 3.63) is 0 Å². The van der Waals surface area contributed by atoms with Crippen LogP contribution in [0.3, 0.4) is 0 Å². The molecule has 6 N–H and O–H groups in total. The summed E-state index contributed by atoms with van der Waals surface area (Å²) in [6.45, 7) is 0. The maximum Gasteiger partial charge on any atom is 0.146 e. The van der Waals surface area contributed by atoms with Crippen molar-refractivity contribution in [1.29, 1.82) is 0 Å². The molecule has 12 heavy (non-hydrogen) atoms. The van der Waals surface area contributed by atoms with Gasteiger partial charge in [-0.3, -0.25) is 0 Å². The highest BCUT2D eigenvalue weighted by Gasteiger charge is 2.48. The van der Waals surface area contributed by atoms with Gasteiger partial charge in [0.15, 0.2) is 0 Å². The maximum absolute atomic E-state index is 9.05. The van der Waals surface area contributed by atoms with Crippen molar-refractivity contribution in [2.75, 3.05) is 0 Å². The molecule has 6 nitrogen and oxygen atoms in total. The Morgan fingerprint density at radius 2 is 1.08 bits per heavy atom. The van der Waals surface area contributed by atoms with Crippen molar-refractivity contribution in [2.45, 2.75) is 23.4 Å². The molecule has 0 aromatic carbocycles. The van der Waals surface area contributed by atoms with E-state index in [1.165, 1.54) is 0 Å². The molecule has 1 saturated heterocycles. The van der Waals surface area contributed by atoms with Crippen molar-refractivity contribution >= 4 is 16.3 Å². The molecule has 72 valence electrons. The van der Waals surface area contributed by atoms with E-state index in [1.54, 1.807) is 0 Å². The van der Waals surface area contributed by atoms with Gasteiger partial charge in [0.05, 0.1) is 16.3 Å². The Morgan fingerprint density at radius 3 is 1.42 bits per heavy atom. The summed E-state index contributed by atoms with van der Waals surface area (Å²) in [5.41, 5.74) is -1.51. The molecule has 0 radical (unpaired) electrons. The summed E-state index contributed by atoms with van der Waals surface area (Å²) in [6, 6.07) is 0. The number of rotatable bonds is 0. The van der Waals surface area contributed by atoms with Crippen molar-refractivity contribution in [2.24, 2.45) is 0 Å². The lowest BCUT2D eigenvalue weighted by molar-refractivity contribution is -0.00538. The fourth-order valence-electron chi connectivity index (χ4n) is 0.861. The van der Waals surface area contributed by atoms with Crippen LogP contribution in [0.5, 0.6) is 0 Å². The number of aliphatic hydroxyl groups excluding tert-OH is 4. The standard InChI is InChI=1S/C4H10O6P2/c5-1-2(6)11(9)4(8)12(10)3(1)7/h1-10H/t1?,2-,3+,4?,11+,12-. The van der Waals surface area contributed by atoms with Crippen LogP contribution in [0.15, 0.2) is 0 Å². The van der Waals surface area contributed by atoms with Gasteiger partial charge in [0, 0.05) is 0 Å². The van der Waals surface area contributed by atoms with E-state index in [-0.39, 0.29) is 0 Å². The van der Waals surface area contributed by atoms with Crippen LogP contribution < -0.4 is 0 Å². The highest BCUT2D eigenvalue weighted by atomic mass is 31.2. The Morgan fingerprint density at radius 1 is 0.750 bits per heavy atom. The Balaban J connectivity index is 2.76. The third-order valence-electron chi connectivity index (χ3n) is 1.63. The maximum atomic E-state index is 9.05. The molecule has 1 rings (SSSR count). The predicted molar refractivity (Wildman–Crippen MR) is 42.3 cm³/mol. The molecule has 0 bridgehead atoms. The molecule has 0 aromatic heterocycles. The third-order valence-corrected chi connectivity index (χ3v) is 5.69.